The second-order valence-corrected chi connectivity index (χ2v) is 8.26. The first-order valence-electron chi connectivity index (χ1n) is 9.83. The van der Waals surface area contributed by atoms with Gasteiger partial charge in [-0.2, -0.15) is 0 Å². The molecule has 31 heavy (non-hydrogen) atoms. The number of aryl methyl sites for hydroxylation is 1. The molecule has 8 heteroatoms. The Balaban J connectivity index is 1.70. The highest BCUT2D eigenvalue weighted by molar-refractivity contribution is 7.98. The van der Waals surface area contributed by atoms with Crippen LogP contribution in [0.2, 0.25) is 0 Å². The van der Waals surface area contributed by atoms with Crippen molar-refractivity contribution >= 4 is 23.5 Å². The molecule has 1 aliphatic heterocycles. The number of thioether (sulfide) groups is 1. The van der Waals surface area contributed by atoms with Crippen LogP contribution in [-0.4, -0.2) is 30.1 Å². The zero-order valence-electron chi connectivity index (χ0n) is 17.5. The summed E-state index contributed by atoms with van der Waals surface area (Å²) < 4.78 is 10.9. The normalized spacial score (nSPS) is 15.2. The molecule has 3 aromatic rings. The van der Waals surface area contributed by atoms with Gasteiger partial charge in [0.2, 0.25) is 5.91 Å². The highest BCUT2D eigenvalue weighted by Crippen LogP contribution is 2.42. The van der Waals surface area contributed by atoms with Gasteiger partial charge in [0.05, 0.1) is 19.8 Å². The van der Waals surface area contributed by atoms with E-state index in [2.05, 4.69) is 21.4 Å². The number of amides is 1. The van der Waals surface area contributed by atoms with Gasteiger partial charge in [-0.3, -0.25) is 9.59 Å². The topological polar surface area (TPSA) is 93.3 Å². The van der Waals surface area contributed by atoms with Crippen molar-refractivity contribution in [2.45, 2.75) is 30.2 Å². The van der Waals surface area contributed by atoms with E-state index in [1.165, 1.54) is 17.3 Å². The molecule has 4 rings (SSSR count). The summed E-state index contributed by atoms with van der Waals surface area (Å²) >= 11 is 1.42. The third kappa shape index (κ3) is 4.29. The molecule has 160 valence electrons. The SMILES string of the molecule is COc1cccc(C2CC(=O)Nc3nc(SCc4cccc(C)c4)[nH]c(=O)c32)c1OC. The minimum atomic E-state index is -0.485. The van der Waals surface area contributed by atoms with Gasteiger partial charge in [0.25, 0.3) is 5.56 Å². The van der Waals surface area contributed by atoms with E-state index >= 15 is 0 Å². The fourth-order valence-electron chi connectivity index (χ4n) is 3.82. The number of carbonyl (C=O) groups excluding carboxylic acids is 1. The number of benzene rings is 2. The molecule has 0 radical (unpaired) electrons. The predicted molar refractivity (Wildman–Crippen MR) is 120 cm³/mol. The monoisotopic (exact) mass is 437 g/mol. The second-order valence-electron chi connectivity index (χ2n) is 7.30. The van der Waals surface area contributed by atoms with Gasteiger partial charge in [-0.15, -0.1) is 0 Å². The van der Waals surface area contributed by atoms with Crippen LogP contribution in [0.1, 0.15) is 34.6 Å². The van der Waals surface area contributed by atoms with E-state index in [1.807, 2.05) is 37.3 Å². The molecule has 1 aliphatic rings. The summed E-state index contributed by atoms with van der Waals surface area (Å²) in [5, 5.41) is 3.22. The number of ether oxygens (including phenoxy) is 2. The van der Waals surface area contributed by atoms with E-state index in [0.717, 1.165) is 5.56 Å². The van der Waals surface area contributed by atoms with Crippen LogP contribution in [-0.2, 0) is 10.5 Å². The largest absolute Gasteiger partial charge is 0.493 e. The van der Waals surface area contributed by atoms with Crippen molar-refractivity contribution in [3.05, 3.63) is 75.1 Å². The maximum absolute atomic E-state index is 13.1. The number of rotatable bonds is 6. The molecule has 7 nitrogen and oxygen atoms in total. The highest BCUT2D eigenvalue weighted by atomic mass is 32.2. The lowest BCUT2D eigenvalue weighted by atomic mass is 9.86. The van der Waals surface area contributed by atoms with Gasteiger partial charge in [0, 0.05) is 23.7 Å². The first-order valence-corrected chi connectivity index (χ1v) is 10.8. The fraction of sp³-hybridized carbons (Fsp3) is 0.261. The van der Waals surface area contributed by atoms with Gasteiger partial charge in [-0.05, 0) is 18.6 Å². The van der Waals surface area contributed by atoms with Crippen molar-refractivity contribution in [1.82, 2.24) is 9.97 Å². The quantitative estimate of drug-likeness (QED) is 0.449. The zero-order valence-corrected chi connectivity index (χ0v) is 18.3. The first-order chi connectivity index (χ1) is 15.0. The van der Waals surface area contributed by atoms with Crippen LogP contribution in [0.25, 0.3) is 0 Å². The molecule has 1 unspecified atom stereocenters. The van der Waals surface area contributed by atoms with Gasteiger partial charge in [-0.1, -0.05) is 53.7 Å². The van der Waals surface area contributed by atoms with Crippen molar-refractivity contribution in [3.8, 4) is 11.5 Å². The average Bonchev–Trinajstić information content (AvgIpc) is 2.76. The number of nitrogens with zero attached hydrogens (tertiary/aromatic N) is 1. The number of H-pyrrole nitrogens is 1. The first kappa shape index (κ1) is 21.0. The third-order valence-corrected chi connectivity index (χ3v) is 6.14. The molecule has 0 bridgehead atoms. The lowest BCUT2D eigenvalue weighted by Crippen LogP contribution is -2.31. The Morgan fingerprint density at radius 1 is 1.13 bits per heavy atom. The number of aromatic nitrogens is 2. The van der Waals surface area contributed by atoms with Gasteiger partial charge >= 0.3 is 0 Å². The maximum atomic E-state index is 13.1. The van der Waals surface area contributed by atoms with Gasteiger partial charge in [-0.25, -0.2) is 4.98 Å². The minimum absolute atomic E-state index is 0.122. The Morgan fingerprint density at radius 2 is 1.94 bits per heavy atom. The molecule has 2 heterocycles. The Morgan fingerprint density at radius 3 is 2.68 bits per heavy atom. The molecule has 0 saturated heterocycles. The predicted octanol–water partition coefficient (Wildman–Crippen LogP) is 3.86. The fourth-order valence-corrected chi connectivity index (χ4v) is 4.63. The zero-order chi connectivity index (χ0) is 22.0. The summed E-state index contributed by atoms with van der Waals surface area (Å²) in [4.78, 5) is 32.9. The number of anilines is 1. The Bertz CT molecular complexity index is 1190. The number of aromatic amines is 1. The van der Waals surface area contributed by atoms with Crippen molar-refractivity contribution in [1.29, 1.82) is 0 Å². The molecule has 0 saturated carbocycles. The van der Waals surface area contributed by atoms with Crippen LogP contribution >= 0.6 is 11.8 Å². The molecular weight excluding hydrogens is 414 g/mol. The summed E-state index contributed by atoms with van der Waals surface area (Å²) in [5.41, 5.74) is 3.17. The summed E-state index contributed by atoms with van der Waals surface area (Å²) in [5.74, 6) is 1.32. The van der Waals surface area contributed by atoms with Crippen molar-refractivity contribution in [2.24, 2.45) is 0 Å². The standard InChI is InChI=1S/C23H23N3O4S/c1-13-6-4-7-14(10-13)12-31-23-25-21-19(22(28)26-23)16(11-18(27)24-21)15-8-5-9-17(29-2)20(15)30-3/h4-10,16H,11-12H2,1-3H3,(H2,24,25,26,27,28). The molecule has 2 aromatic carbocycles. The van der Waals surface area contributed by atoms with E-state index in [0.29, 0.717) is 39.4 Å². The van der Waals surface area contributed by atoms with Crippen LogP contribution in [0, 0.1) is 6.92 Å². The molecular formula is C23H23N3O4S. The molecule has 2 N–H and O–H groups in total. The van der Waals surface area contributed by atoms with Crippen LogP contribution < -0.4 is 20.3 Å². The number of carbonyl (C=O) groups is 1. The molecule has 1 atom stereocenters. The van der Waals surface area contributed by atoms with E-state index < -0.39 is 5.92 Å². The third-order valence-electron chi connectivity index (χ3n) is 5.20. The van der Waals surface area contributed by atoms with E-state index in [4.69, 9.17) is 9.47 Å². The van der Waals surface area contributed by atoms with E-state index in [-0.39, 0.29) is 17.9 Å². The molecule has 0 aliphatic carbocycles. The highest BCUT2D eigenvalue weighted by Gasteiger charge is 2.33. The van der Waals surface area contributed by atoms with Crippen LogP contribution in [0.4, 0.5) is 5.82 Å². The number of nitrogens with one attached hydrogen (secondary N) is 2. The van der Waals surface area contributed by atoms with Gasteiger partial charge in [0.15, 0.2) is 16.7 Å². The lowest BCUT2D eigenvalue weighted by molar-refractivity contribution is -0.116. The Kier molecular flexibility index (Phi) is 5.99. The van der Waals surface area contributed by atoms with Crippen LogP contribution in [0.3, 0.4) is 0 Å². The van der Waals surface area contributed by atoms with E-state index in [9.17, 15) is 9.59 Å². The van der Waals surface area contributed by atoms with Crippen molar-refractivity contribution in [3.63, 3.8) is 0 Å². The van der Waals surface area contributed by atoms with Crippen molar-refractivity contribution in [2.75, 3.05) is 19.5 Å². The maximum Gasteiger partial charge on any atom is 0.257 e. The summed E-state index contributed by atoms with van der Waals surface area (Å²) in [6.07, 6.45) is 0.122. The molecule has 1 aromatic heterocycles. The summed E-state index contributed by atoms with van der Waals surface area (Å²) in [6.45, 7) is 2.04. The second kappa shape index (κ2) is 8.85. The Hall–Kier alpha value is -3.26. The van der Waals surface area contributed by atoms with Crippen LogP contribution in [0.15, 0.2) is 52.4 Å². The van der Waals surface area contributed by atoms with Crippen LogP contribution in [0.5, 0.6) is 11.5 Å². The average molecular weight is 438 g/mol. The van der Waals surface area contributed by atoms with E-state index in [1.54, 1.807) is 20.3 Å². The number of hydrogen-bond acceptors (Lipinski definition) is 6. The minimum Gasteiger partial charge on any atom is -0.493 e. The summed E-state index contributed by atoms with van der Waals surface area (Å²) in [7, 11) is 3.09. The van der Waals surface area contributed by atoms with Gasteiger partial charge in [0.1, 0.15) is 5.82 Å². The Labute approximate surface area is 184 Å². The number of fused-ring (bicyclic) bond motifs is 1. The number of methoxy groups -OCH3 is 2. The smallest absolute Gasteiger partial charge is 0.257 e. The molecule has 1 amide bonds. The lowest BCUT2D eigenvalue weighted by Gasteiger charge is -2.26. The molecule has 0 spiro atoms. The number of para-hydroxylation sites is 1. The van der Waals surface area contributed by atoms with Crippen molar-refractivity contribution < 1.29 is 14.3 Å². The molecule has 0 fully saturated rings. The number of hydrogen-bond donors (Lipinski definition) is 2. The summed E-state index contributed by atoms with van der Waals surface area (Å²) in [6, 6.07) is 13.6. The van der Waals surface area contributed by atoms with Gasteiger partial charge < -0.3 is 19.8 Å².